The first kappa shape index (κ1) is 13.1. The molecule has 4 heteroatoms. The van der Waals surface area contributed by atoms with Gasteiger partial charge in [-0.2, -0.15) is 0 Å². The Labute approximate surface area is 94.6 Å². The van der Waals surface area contributed by atoms with E-state index in [0.717, 1.165) is 11.1 Å². The SMILES string of the molecule is CNCC(OCC(F)F)c1ccccc1C. The van der Waals surface area contributed by atoms with Crippen LogP contribution in [-0.4, -0.2) is 26.6 Å². The minimum atomic E-state index is -2.43. The van der Waals surface area contributed by atoms with Gasteiger partial charge in [0.1, 0.15) is 6.61 Å². The number of likely N-dealkylation sites (N-methyl/N-ethyl adjacent to an activating group) is 1. The molecule has 0 saturated heterocycles. The molecule has 1 rings (SSSR count). The summed E-state index contributed by atoms with van der Waals surface area (Å²) in [4.78, 5) is 0. The smallest absolute Gasteiger partial charge is 0.261 e. The normalized spacial score (nSPS) is 13.1. The largest absolute Gasteiger partial charge is 0.366 e. The van der Waals surface area contributed by atoms with Crippen LogP contribution in [0.2, 0.25) is 0 Å². The lowest BCUT2D eigenvalue weighted by Gasteiger charge is -2.19. The van der Waals surface area contributed by atoms with Gasteiger partial charge in [0.05, 0.1) is 6.10 Å². The first-order chi connectivity index (χ1) is 7.65. The monoisotopic (exact) mass is 229 g/mol. The summed E-state index contributed by atoms with van der Waals surface area (Å²) in [7, 11) is 1.77. The summed E-state index contributed by atoms with van der Waals surface area (Å²) in [5.74, 6) is 0. The zero-order valence-corrected chi connectivity index (χ0v) is 9.54. The quantitative estimate of drug-likeness (QED) is 0.809. The molecule has 1 N–H and O–H groups in total. The Hall–Kier alpha value is -1.00. The highest BCUT2D eigenvalue weighted by molar-refractivity contribution is 5.28. The number of hydrogen-bond donors (Lipinski definition) is 1. The predicted molar refractivity (Wildman–Crippen MR) is 59.8 cm³/mol. The first-order valence-electron chi connectivity index (χ1n) is 5.25. The van der Waals surface area contributed by atoms with Crippen molar-refractivity contribution in [2.75, 3.05) is 20.2 Å². The zero-order valence-electron chi connectivity index (χ0n) is 9.54. The third-order valence-corrected chi connectivity index (χ3v) is 2.35. The molecule has 0 fully saturated rings. The highest BCUT2D eigenvalue weighted by Gasteiger charge is 2.15. The Balaban J connectivity index is 2.73. The minimum absolute atomic E-state index is 0.319. The maximum absolute atomic E-state index is 12.1. The Kier molecular flexibility index (Phi) is 5.35. The molecule has 0 saturated carbocycles. The molecular weight excluding hydrogens is 212 g/mol. The van der Waals surface area contributed by atoms with Gasteiger partial charge in [-0.05, 0) is 25.1 Å². The molecule has 90 valence electrons. The van der Waals surface area contributed by atoms with Crippen LogP contribution < -0.4 is 5.32 Å². The number of halogens is 2. The van der Waals surface area contributed by atoms with Crippen molar-refractivity contribution in [1.82, 2.24) is 5.32 Å². The van der Waals surface area contributed by atoms with Crippen molar-refractivity contribution < 1.29 is 13.5 Å². The summed E-state index contributed by atoms with van der Waals surface area (Å²) in [5.41, 5.74) is 2.01. The molecule has 2 nitrogen and oxygen atoms in total. The number of alkyl halides is 2. The van der Waals surface area contributed by atoms with E-state index < -0.39 is 13.0 Å². The van der Waals surface area contributed by atoms with Crippen LogP contribution in [-0.2, 0) is 4.74 Å². The second kappa shape index (κ2) is 6.55. The molecule has 0 aromatic heterocycles. The van der Waals surface area contributed by atoms with Crippen LogP contribution in [0.5, 0.6) is 0 Å². The average molecular weight is 229 g/mol. The molecule has 16 heavy (non-hydrogen) atoms. The van der Waals surface area contributed by atoms with Crippen molar-refractivity contribution in [3.8, 4) is 0 Å². The van der Waals surface area contributed by atoms with Gasteiger partial charge in [0.25, 0.3) is 6.43 Å². The van der Waals surface area contributed by atoms with Crippen molar-refractivity contribution in [2.45, 2.75) is 19.5 Å². The van der Waals surface area contributed by atoms with E-state index in [-0.39, 0.29) is 6.10 Å². The van der Waals surface area contributed by atoms with Crippen LogP contribution >= 0.6 is 0 Å². The molecule has 0 aliphatic carbocycles. The van der Waals surface area contributed by atoms with Crippen LogP contribution in [0.25, 0.3) is 0 Å². The van der Waals surface area contributed by atoms with E-state index in [0.29, 0.717) is 6.54 Å². The van der Waals surface area contributed by atoms with Gasteiger partial charge in [-0.1, -0.05) is 24.3 Å². The highest BCUT2D eigenvalue weighted by atomic mass is 19.3. The van der Waals surface area contributed by atoms with Gasteiger partial charge in [-0.25, -0.2) is 8.78 Å². The van der Waals surface area contributed by atoms with E-state index >= 15 is 0 Å². The first-order valence-corrected chi connectivity index (χ1v) is 5.25. The van der Waals surface area contributed by atoms with Crippen molar-refractivity contribution in [2.24, 2.45) is 0 Å². The molecule has 1 unspecified atom stereocenters. The second-order valence-electron chi connectivity index (χ2n) is 3.63. The molecule has 0 aliphatic heterocycles. The fourth-order valence-corrected chi connectivity index (χ4v) is 1.58. The third kappa shape index (κ3) is 3.87. The van der Waals surface area contributed by atoms with Gasteiger partial charge in [-0.15, -0.1) is 0 Å². The molecule has 0 spiro atoms. The molecule has 1 atom stereocenters. The van der Waals surface area contributed by atoms with E-state index in [9.17, 15) is 8.78 Å². The summed E-state index contributed by atoms with van der Waals surface area (Å²) in [6.45, 7) is 1.95. The lowest BCUT2D eigenvalue weighted by molar-refractivity contribution is -0.0242. The number of nitrogens with one attached hydrogen (secondary N) is 1. The van der Waals surface area contributed by atoms with Gasteiger partial charge >= 0.3 is 0 Å². The van der Waals surface area contributed by atoms with E-state index in [1.165, 1.54) is 0 Å². The zero-order chi connectivity index (χ0) is 12.0. The Bertz CT molecular complexity index is 318. The van der Waals surface area contributed by atoms with Crippen LogP contribution in [0.15, 0.2) is 24.3 Å². The average Bonchev–Trinajstić information content (AvgIpc) is 2.25. The molecule has 1 aromatic rings. The molecule has 0 heterocycles. The van der Waals surface area contributed by atoms with E-state index in [4.69, 9.17) is 4.74 Å². The van der Waals surface area contributed by atoms with Gasteiger partial charge in [0.15, 0.2) is 0 Å². The van der Waals surface area contributed by atoms with Crippen molar-refractivity contribution in [3.05, 3.63) is 35.4 Å². The van der Waals surface area contributed by atoms with Gasteiger partial charge < -0.3 is 10.1 Å². The van der Waals surface area contributed by atoms with Gasteiger partial charge in [0, 0.05) is 6.54 Å². The van der Waals surface area contributed by atoms with Crippen molar-refractivity contribution >= 4 is 0 Å². The molecule has 0 radical (unpaired) electrons. The number of rotatable bonds is 6. The van der Waals surface area contributed by atoms with Crippen molar-refractivity contribution in [3.63, 3.8) is 0 Å². The number of aryl methyl sites for hydroxylation is 1. The summed E-state index contributed by atoms with van der Waals surface area (Å²) >= 11 is 0. The lowest BCUT2D eigenvalue weighted by atomic mass is 10.0. The maximum Gasteiger partial charge on any atom is 0.261 e. The van der Waals surface area contributed by atoms with Crippen LogP contribution in [0, 0.1) is 6.92 Å². The van der Waals surface area contributed by atoms with E-state index in [2.05, 4.69) is 5.32 Å². The Morgan fingerprint density at radius 3 is 2.56 bits per heavy atom. The summed E-state index contributed by atoms with van der Waals surface area (Å²) in [6.07, 6.45) is -2.75. The molecular formula is C12H17F2NO. The number of ether oxygens (including phenoxy) is 1. The molecule has 0 aliphatic rings. The maximum atomic E-state index is 12.1. The third-order valence-electron chi connectivity index (χ3n) is 2.35. The second-order valence-corrected chi connectivity index (χ2v) is 3.63. The predicted octanol–water partition coefficient (Wildman–Crippen LogP) is 2.54. The Morgan fingerprint density at radius 1 is 1.31 bits per heavy atom. The minimum Gasteiger partial charge on any atom is -0.366 e. The number of benzene rings is 1. The lowest BCUT2D eigenvalue weighted by Crippen LogP contribution is -2.22. The van der Waals surface area contributed by atoms with Crippen LogP contribution in [0.1, 0.15) is 17.2 Å². The van der Waals surface area contributed by atoms with Crippen LogP contribution in [0.4, 0.5) is 8.78 Å². The molecule has 0 bridgehead atoms. The summed E-state index contributed by atoms with van der Waals surface area (Å²) in [6, 6.07) is 7.66. The summed E-state index contributed by atoms with van der Waals surface area (Å²) in [5, 5.41) is 2.95. The highest BCUT2D eigenvalue weighted by Crippen LogP contribution is 2.20. The summed E-state index contributed by atoms with van der Waals surface area (Å²) < 4.78 is 29.4. The van der Waals surface area contributed by atoms with Gasteiger partial charge in [-0.3, -0.25) is 0 Å². The number of hydrogen-bond acceptors (Lipinski definition) is 2. The van der Waals surface area contributed by atoms with E-state index in [1.807, 2.05) is 31.2 Å². The van der Waals surface area contributed by atoms with Gasteiger partial charge in [0.2, 0.25) is 0 Å². The molecule has 0 amide bonds. The Morgan fingerprint density at radius 2 is 2.00 bits per heavy atom. The van der Waals surface area contributed by atoms with Crippen LogP contribution in [0.3, 0.4) is 0 Å². The molecule has 1 aromatic carbocycles. The topological polar surface area (TPSA) is 21.3 Å². The van der Waals surface area contributed by atoms with Crippen molar-refractivity contribution in [1.29, 1.82) is 0 Å². The van der Waals surface area contributed by atoms with E-state index in [1.54, 1.807) is 7.05 Å². The fourth-order valence-electron chi connectivity index (χ4n) is 1.58. The fraction of sp³-hybridized carbons (Fsp3) is 0.500. The standard InChI is InChI=1S/C12H17F2NO/c1-9-5-3-4-6-10(9)11(7-15-2)16-8-12(13)14/h3-6,11-12,15H,7-8H2,1-2H3.